The first kappa shape index (κ1) is 5.83. The zero-order chi connectivity index (χ0) is 7.84. The summed E-state index contributed by atoms with van der Waals surface area (Å²) in [5.41, 5.74) is 5.00. The smallest absolute Gasteiger partial charge is 0.271 e. The zero-order valence-corrected chi connectivity index (χ0v) is 5.35. The van der Waals surface area contributed by atoms with Crippen LogP contribution in [-0.2, 0) is 0 Å². The van der Waals surface area contributed by atoms with E-state index in [1.807, 2.05) is 0 Å². The summed E-state index contributed by atoms with van der Waals surface area (Å²) in [4.78, 5) is 13.1. The number of fused-ring (bicyclic) bond motifs is 1. The number of nitrogens with one attached hydrogen (secondary N) is 1. The van der Waals surface area contributed by atoms with Crippen molar-refractivity contribution in [1.29, 1.82) is 0 Å². The number of H-pyrrole nitrogens is 1. The highest BCUT2D eigenvalue weighted by molar-refractivity contribution is 5.31. The van der Waals surface area contributed by atoms with Gasteiger partial charge in [-0.1, -0.05) is 0 Å². The topological polar surface area (TPSA) is 102 Å². The van der Waals surface area contributed by atoms with E-state index in [0.29, 0.717) is 0 Å². The fourth-order valence-electron chi connectivity index (χ4n) is 0.736. The lowest BCUT2D eigenvalue weighted by molar-refractivity contribution is 0.894. The van der Waals surface area contributed by atoms with Crippen molar-refractivity contribution < 1.29 is 0 Å². The van der Waals surface area contributed by atoms with Gasteiger partial charge in [0.2, 0.25) is 5.95 Å². The molecule has 0 aromatic carbocycles. The van der Waals surface area contributed by atoms with Gasteiger partial charge in [0, 0.05) is 0 Å². The minimum atomic E-state index is -0.329. The number of aromatic nitrogens is 5. The molecule has 0 aliphatic rings. The first-order valence-corrected chi connectivity index (χ1v) is 2.83. The van der Waals surface area contributed by atoms with E-state index in [-0.39, 0.29) is 17.3 Å². The molecule has 0 saturated carbocycles. The molecule has 0 spiro atoms. The number of nitrogens with two attached hydrogens (primary N) is 1. The van der Waals surface area contributed by atoms with Crippen molar-refractivity contribution in [1.82, 2.24) is 24.8 Å². The maximum Gasteiger partial charge on any atom is 0.271 e. The molecule has 0 aliphatic heterocycles. The lowest BCUT2D eigenvalue weighted by Gasteiger charge is -1.88. The highest BCUT2D eigenvalue weighted by Crippen LogP contribution is 1.93. The summed E-state index contributed by atoms with van der Waals surface area (Å²) in [5.74, 6) is 0.395. The lowest BCUT2D eigenvalue weighted by Crippen LogP contribution is -2.10. The second-order valence-corrected chi connectivity index (χ2v) is 1.93. The van der Waals surface area contributed by atoms with E-state index in [2.05, 4.69) is 20.3 Å². The van der Waals surface area contributed by atoms with Gasteiger partial charge in [-0.25, -0.2) is 0 Å². The fraction of sp³-hybridized carbons (Fsp3) is 0. The summed E-state index contributed by atoms with van der Waals surface area (Å²) in [5, 5.41) is 10.7. The van der Waals surface area contributed by atoms with Gasteiger partial charge in [0.25, 0.3) is 11.3 Å². The molecule has 0 amide bonds. The molecule has 7 nitrogen and oxygen atoms in total. The average molecular weight is 152 g/mol. The third-order valence-electron chi connectivity index (χ3n) is 1.19. The molecule has 2 heterocycles. The first-order chi connectivity index (χ1) is 5.27. The Bertz CT molecular complexity index is 441. The van der Waals surface area contributed by atoms with Crippen molar-refractivity contribution >= 4 is 11.7 Å². The van der Waals surface area contributed by atoms with Crippen LogP contribution in [0.2, 0.25) is 0 Å². The molecule has 7 heteroatoms. The third kappa shape index (κ3) is 0.741. The van der Waals surface area contributed by atoms with E-state index in [1.54, 1.807) is 0 Å². The first-order valence-electron chi connectivity index (χ1n) is 2.83. The van der Waals surface area contributed by atoms with E-state index in [4.69, 9.17) is 5.73 Å². The van der Waals surface area contributed by atoms with Gasteiger partial charge < -0.3 is 5.73 Å². The highest BCUT2D eigenvalue weighted by Gasteiger charge is 2.00. The Morgan fingerprint density at radius 3 is 3.18 bits per heavy atom. The molecule has 0 fully saturated rings. The SMILES string of the molecule is Nc1nnc2[nH]c(=O)cnn12. The summed E-state index contributed by atoms with van der Waals surface area (Å²) in [6.07, 6.45) is 1.10. The summed E-state index contributed by atoms with van der Waals surface area (Å²) in [6, 6.07) is 0. The molecular formula is C4H4N6O. The molecule has 2 aromatic heterocycles. The second kappa shape index (κ2) is 1.78. The number of nitrogens with zero attached hydrogens (tertiary/aromatic N) is 4. The van der Waals surface area contributed by atoms with E-state index in [9.17, 15) is 4.79 Å². The van der Waals surface area contributed by atoms with Gasteiger partial charge in [-0.3, -0.25) is 9.78 Å². The second-order valence-electron chi connectivity index (χ2n) is 1.93. The van der Waals surface area contributed by atoms with Crippen molar-refractivity contribution in [3.05, 3.63) is 16.6 Å². The van der Waals surface area contributed by atoms with Crippen LogP contribution in [0.1, 0.15) is 0 Å². The number of nitrogen functional groups attached to an aromatic ring is 1. The van der Waals surface area contributed by atoms with Crippen LogP contribution < -0.4 is 11.3 Å². The number of rotatable bonds is 0. The highest BCUT2D eigenvalue weighted by atomic mass is 16.1. The average Bonchev–Trinajstić information content (AvgIpc) is 2.32. The molecule has 56 valence electrons. The van der Waals surface area contributed by atoms with E-state index in [1.165, 1.54) is 4.52 Å². The largest absolute Gasteiger partial charge is 0.366 e. The van der Waals surface area contributed by atoms with Crippen molar-refractivity contribution in [3.8, 4) is 0 Å². The summed E-state index contributed by atoms with van der Waals surface area (Å²) >= 11 is 0. The third-order valence-corrected chi connectivity index (χ3v) is 1.19. The predicted molar refractivity (Wildman–Crippen MR) is 35.8 cm³/mol. The molecule has 2 rings (SSSR count). The zero-order valence-electron chi connectivity index (χ0n) is 5.35. The Morgan fingerprint density at radius 2 is 2.36 bits per heavy atom. The standard InChI is InChI=1S/C4H4N6O/c5-3-8-9-4-7-2(11)1-6-10(3)4/h1H,(H2,5,8)(H,7,9,11). The monoisotopic (exact) mass is 152 g/mol. The molecule has 2 aromatic rings. The van der Waals surface area contributed by atoms with E-state index in [0.717, 1.165) is 6.20 Å². The number of hydrogen-bond donors (Lipinski definition) is 2. The Kier molecular flexibility index (Phi) is 0.945. The number of aromatic amines is 1. The van der Waals surface area contributed by atoms with Gasteiger partial charge >= 0.3 is 0 Å². The molecule has 0 atom stereocenters. The van der Waals surface area contributed by atoms with Crippen molar-refractivity contribution in [3.63, 3.8) is 0 Å². The van der Waals surface area contributed by atoms with Gasteiger partial charge in [-0.05, 0) is 0 Å². The molecule has 0 radical (unpaired) electrons. The summed E-state index contributed by atoms with van der Waals surface area (Å²) < 4.78 is 1.24. The van der Waals surface area contributed by atoms with Gasteiger partial charge in [-0.15, -0.1) is 10.2 Å². The molecule has 0 aliphatic carbocycles. The minimum Gasteiger partial charge on any atom is -0.366 e. The molecular weight excluding hydrogens is 148 g/mol. The molecule has 0 bridgehead atoms. The Hall–Kier alpha value is -1.92. The van der Waals surface area contributed by atoms with Crippen LogP contribution in [0.4, 0.5) is 5.95 Å². The van der Waals surface area contributed by atoms with Gasteiger partial charge in [-0.2, -0.15) is 9.61 Å². The minimum absolute atomic E-state index is 0.149. The maximum atomic E-state index is 10.7. The summed E-state index contributed by atoms with van der Waals surface area (Å²) in [7, 11) is 0. The van der Waals surface area contributed by atoms with Gasteiger partial charge in [0.1, 0.15) is 6.20 Å². The molecule has 0 saturated heterocycles. The maximum absolute atomic E-state index is 10.7. The van der Waals surface area contributed by atoms with Crippen LogP contribution in [0, 0.1) is 0 Å². The van der Waals surface area contributed by atoms with Crippen LogP contribution in [-0.4, -0.2) is 24.8 Å². The number of hydrogen-bond acceptors (Lipinski definition) is 5. The fourth-order valence-corrected chi connectivity index (χ4v) is 0.736. The Labute approximate surface area is 59.9 Å². The summed E-state index contributed by atoms with van der Waals surface area (Å²) in [6.45, 7) is 0. The van der Waals surface area contributed by atoms with E-state index < -0.39 is 0 Å². The molecule has 3 N–H and O–H groups in total. The quantitative estimate of drug-likeness (QED) is 0.473. The van der Waals surface area contributed by atoms with Gasteiger partial charge in [0.15, 0.2) is 0 Å². The van der Waals surface area contributed by atoms with Crippen molar-refractivity contribution in [2.75, 3.05) is 5.73 Å². The Morgan fingerprint density at radius 1 is 1.55 bits per heavy atom. The van der Waals surface area contributed by atoms with Gasteiger partial charge in [0.05, 0.1) is 0 Å². The van der Waals surface area contributed by atoms with Crippen LogP contribution in [0.25, 0.3) is 5.78 Å². The number of anilines is 1. The van der Waals surface area contributed by atoms with Crippen LogP contribution in [0.3, 0.4) is 0 Å². The normalized spacial score (nSPS) is 10.5. The van der Waals surface area contributed by atoms with E-state index >= 15 is 0 Å². The van der Waals surface area contributed by atoms with Crippen molar-refractivity contribution in [2.45, 2.75) is 0 Å². The molecule has 11 heavy (non-hydrogen) atoms. The Balaban J connectivity index is 2.96. The lowest BCUT2D eigenvalue weighted by atomic mass is 10.8. The predicted octanol–water partition coefficient (Wildman–Crippen LogP) is -1.61. The van der Waals surface area contributed by atoms with Crippen molar-refractivity contribution in [2.24, 2.45) is 0 Å². The van der Waals surface area contributed by atoms with Crippen LogP contribution in [0.15, 0.2) is 11.0 Å². The molecule has 0 unspecified atom stereocenters. The van der Waals surface area contributed by atoms with Crippen LogP contribution in [0.5, 0.6) is 0 Å². The van der Waals surface area contributed by atoms with Crippen LogP contribution >= 0.6 is 0 Å².